The van der Waals surface area contributed by atoms with Crippen molar-refractivity contribution in [2.75, 3.05) is 23.3 Å². The van der Waals surface area contributed by atoms with Crippen LogP contribution in [-0.2, 0) is 0 Å². The van der Waals surface area contributed by atoms with Gasteiger partial charge in [-0.15, -0.1) is 0 Å². The number of rotatable bonds is 4. The van der Waals surface area contributed by atoms with Crippen LogP contribution in [0, 0.1) is 10.1 Å². The molecular weight excluding hydrogens is 377 g/mol. The SMILES string of the molecule is O=C(Nc1cc(N2CCCCC2)c([N+](=O)[O-])cc1Cl)c1ccccc1Cl. The summed E-state index contributed by atoms with van der Waals surface area (Å²) in [6.45, 7) is 1.47. The molecule has 2 aromatic carbocycles. The van der Waals surface area contributed by atoms with E-state index in [1.165, 1.54) is 6.07 Å². The van der Waals surface area contributed by atoms with Gasteiger partial charge in [-0.2, -0.15) is 0 Å². The Balaban J connectivity index is 1.95. The van der Waals surface area contributed by atoms with Crippen LogP contribution in [0.15, 0.2) is 36.4 Å². The summed E-state index contributed by atoms with van der Waals surface area (Å²) in [6, 6.07) is 9.51. The number of carbonyl (C=O) groups excluding carboxylic acids is 1. The number of anilines is 2. The number of nitrogens with one attached hydrogen (secondary N) is 1. The summed E-state index contributed by atoms with van der Waals surface area (Å²) >= 11 is 12.2. The maximum atomic E-state index is 12.5. The van der Waals surface area contributed by atoms with Gasteiger partial charge in [0.2, 0.25) is 0 Å². The van der Waals surface area contributed by atoms with Crippen LogP contribution in [0.2, 0.25) is 10.0 Å². The van der Waals surface area contributed by atoms with Gasteiger partial charge in [0, 0.05) is 19.2 Å². The van der Waals surface area contributed by atoms with E-state index in [0.29, 0.717) is 22.0 Å². The molecule has 0 unspecified atom stereocenters. The van der Waals surface area contributed by atoms with E-state index in [1.807, 2.05) is 4.90 Å². The van der Waals surface area contributed by atoms with Crippen molar-refractivity contribution in [3.05, 3.63) is 62.1 Å². The second-order valence-corrected chi connectivity index (χ2v) is 6.87. The molecule has 1 amide bonds. The molecule has 6 nitrogen and oxygen atoms in total. The van der Waals surface area contributed by atoms with Gasteiger partial charge >= 0.3 is 0 Å². The van der Waals surface area contributed by atoms with Crippen molar-refractivity contribution in [3.63, 3.8) is 0 Å². The van der Waals surface area contributed by atoms with E-state index in [0.717, 1.165) is 32.4 Å². The Hall–Kier alpha value is -2.31. The lowest BCUT2D eigenvalue weighted by Gasteiger charge is -2.29. The van der Waals surface area contributed by atoms with Gasteiger partial charge in [-0.3, -0.25) is 14.9 Å². The molecule has 1 N–H and O–H groups in total. The topological polar surface area (TPSA) is 75.5 Å². The zero-order valence-corrected chi connectivity index (χ0v) is 15.4. The molecule has 1 saturated heterocycles. The normalized spacial score (nSPS) is 14.2. The first kappa shape index (κ1) is 18.5. The van der Waals surface area contributed by atoms with E-state index in [2.05, 4.69) is 5.32 Å². The zero-order chi connectivity index (χ0) is 18.7. The first-order chi connectivity index (χ1) is 12.5. The van der Waals surface area contributed by atoms with E-state index >= 15 is 0 Å². The van der Waals surface area contributed by atoms with Crippen molar-refractivity contribution >= 4 is 46.2 Å². The van der Waals surface area contributed by atoms with E-state index in [1.54, 1.807) is 30.3 Å². The van der Waals surface area contributed by atoms with Gasteiger partial charge < -0.3 is 10.2 Å². The van der Waals surface area contributed by atoms with Crippen LogP contribution >= 0.6 is 23.2 Å². The third-order valence-corrected chi connectivity index (χ3v) is 4.97. The predicted octanol–water partition coefficient (Wildman–Crippen LogP) is 5.14. The van der Waals surface area contributed by atoms with E-state index in [4.69, 9.17) is 23.2 Å². The predicted molar refractivity (Wildman–Crippen MR) is 104 cm³/mol. The number of carbonyl (C=O) groups is 1. The minimum absolute atomic E-state index is 0.0624. The molecule has 1 heterocycles. The zero-order valence-electron chi connectivity index (χ0n) is 13.9. The van der Waals surface area contributed by atoms with Gasteiger partial charge in [0.15, 0.2) is 0 Å². The number of nitro benzene ring substituents is 1. The molecule has 1 aliphatic heterocycles. The Labute approximate surface area is 160 Å². The minimum Gasteiger partial charge on any atom is -0.366 e. The standard InChI is InChI=1S/C18H17Cl2N3O3/c19-13-7-3-2-6-12(13)18(24)21-15-11-16(22-8-4-1-5-9-22)17(23(25)26)10-14(15)20/h2-3,6-7,10-11H,1,4-5,8-9H2,(H,21,24). The van der Waals surface area contributed by atoms with Gasteiger partial charge in [-0.25, -0.2) is 0 Å². The molecule has 136 valence electrons. The molecule has 26 heavy (non-hydrogen) atoms. The largest absolute Gasteiger partial charge is 0.366 e. The van der Waals surface area contributed by atoms with Crippen molar-refractivity contribution in [1.29, 1.82) is 0 Å². The Bertz CT molecular complexity index is 852. The molecule has 0 bridgehead atoms. The van der Waals surface area contributed by atoms with Crippen molar-refractivity contribution in [3.8, 4) is 0 Å². The molecule has 0 saturated carbocycles. The van der Waals surface area contributed by atoms with Gasteiger partial charge in [0.25, 0.3) is 11.6 Å². The highest BCUT2D eigenvalue weighted by atomic mass is 35.5. The summed E-state index contributed by atoms with van der Waals surface area (Å²) in [7, 11) is 0. The fraction of sp³-hybridized carbons (Fsp3) is 0.278. The van der Waals surface area contributed by atoms with Gasteiger partial charge in [0.05, 0.1) is 26.2 Å². The Morgan fingerprint density at radius 2 is 1.77 bits per heavy atom. The van der Waals surface area contributed by atoms with Crippen LogP contribution in [-0.4, -0.2) is 23.9 Å². The van der Waals surface area contributed by atoms with E-state index in [9.17, 15) is 14.9 Å². The second-order valence-electron chi connectivity index (χ2n) is 6.06. The summed E-state index contributed by atoms with van der Waals surface area (Å²) < 4.78 is 0. The third kappa shape index (κ3) is 3.92. The highest BCUT2D eigenvalue weighted by Crippen LogP contribution is 2.38. The molecule has 1 aliphatic rings. The molecule has 0 aliphatic carbocycles. The number of hydrogen-bond donors (Lipinski definition) is 1. The summed E-state index contributed by atoms with van der Waals surface area (Å²) in [5.74, 6) is -0.420. The van der Waals surface area contributed by atoms with Gasteiger partial charge in [-0.05, 0) is 37.5 Å². The minimum atomic E-state index is -0.449. The van der Waals surface area contributed by atoms with Gasteiger partial charge in [0.1, 0.15) is 5.69 Å². The number of benzene rings is 2. The Morgan fingerprint density at radius 3 is 2.42 bits per heavy atom. The number of hydrogen-bond acceptors (Lipinski definition) is 4. The van der Waals surface area contributed by atoms with Crippen LogP contribution in [0.25, 0.3) is 0 Å². The smallest absolute Gasteiger partial charge is 0.294 e. The average Bonchev–Trinajstić information content (AvgIpc) is 2.64. The lowest BCUT2D eigenvalue weighted by Crippen LogP contribution is -2.30. The maximum absolute atomic E-state index is 12.5. The summed E-state index contributed by atoms with van der Waals surface area (Å²) in [6.07, 6.45) is 3.05. The van der Waals surface area contributed by atoms with Crippen molar-refractivity contribution in [2.45, 2.75) is 19.3 Å². The summed E-state index contributed by atoms with van der Waals surface area (Å²) in [4.78, 5) is 25.4. The summed E-state index contributed by atoms with van der Waals surface area (Å²) in [5, 5.41) is 14.6. The number of piperidine rings is 1. The van der Waals surface area contributed by atoms with Crippen molar-refractivity contribution < 1.29 is 9.72 Å². The molecule has 8 heteroatoms. The lowest BCUT2D eigenvalue weighted by atomic mass is 10.1. The molecule has 1 fully saturated rings. The van der Waals surface area contributed by atoms with Crippen LogP contribution < -0.4 is 10.2 Å². The van der Waals surface area contributed by atoms with Crippen molar-refractivity contribution in [2.24, 2.45) is 0 Å². The van der Waals surface area contributed by atoms with Gasteiger partial charge in [-0.1, -0.05) is 35.3 Å². The van der Waals surface area contributed by atoms with E-state index in [-0.39, 0.29) is 10.7 Å². The fourth-order valence-electron chi connectivity index (χ4n) is 3.02. The molecule has 3 rings (SSSR count). The Morgan fingerprint density at radius 1 is 1.08 bits per heavy atom. The quantitative estimate of drug-likeness (QED) is 0.575. The van der Waals surface area contributed by atoms with Crippen LogP contribution in [0.5, 0.6) is 0 Å². The second kappa shape index (κ2) is 7.93. The first-order valence-corrected chi connectivity index (χ1v) is 9.01. The molecule has 0 atom stereocenters. The first-order valence-electron chi connectivity index (χ1n) is 8.26. The van der Waals surface area contributed by atoms with Crippen LogP contribution in [0.1, 0.15) is 29.6 Å². The monoisotopic (exact) mass is 393 g/mol. The highest BCUT2D eigenvalue weighted by Gasteiger charge is 2.24. The molecule has 0 aromatic heterocycles. The number of nitrogens with zero attached hydrogens (tertiary/aromatic N) is 2. The van der Waals surface area contributed by atoms with Crippen molar-refractivity contribution in [1.82, 2.24) is 0 Å². The molecular formula is C18H17Cl2N3O3. The number of nitro groups is 1. The van der Waals surface area contributed by atoms with E-state index < -0.39 is 10.8 Å². The molecule has 0 radical (unpaired) electrons. The van der Waals surface area contributed by atoms with Crippen LogP contribution in [0.4, 0.5) is 17.1 Å². The molecule has 2 aromatic rings. The number of halogens is 2. The lowest BCUT2D eigenvalue weighted by molar-refractivity contribution is -0.384. The fourth-order valence-corrected chi connectivity index (χ4v) is 3.44. The van der Waals surface area contributed by atoms with Crippen LogP contribution in [0.3, 0.4) is 0 Å². The summed E-state index contributed by atoms with van der Waals surface area (Å²) in [5.41, 5.74) is 1.03. The Kier molecular flexibility index (Phi) is 5.64. The molecule has 0 spiro atoms. The highest BCUT2D eigenvalue weighted by molar-refractivity contribution is 6.36. The third-order valence-electron chi connectivity index (χ3n) is 4.32. The number of amides is 1. The average molecular weight is 394 g/mol. The maximum Gasteiger partial charge on any atom is 0.294 e.